The van der Waals surface area contributed by atoms with Gasteiger partial charge in [-0.3, -0.25) is 4.68 Å². The van der Waals surface area contributed by atoms with E-state index >= 15 is 0 Å². The Morgan fingerprint density at radius 1 is 1.56 bits per heavy atom. The van der Waals surface area contributed by atoms with Gasteiger partial charge in [0.15, 0.2) is 11.3 Å². The fourth-order valence-electron chi connectivity index (χ4n) is 1.72. The number of hydrogen-bond acceptors (Lipinski definition) is 3. The molecule has 1 atom stereocenters. The molecule has 0 saturated carbocycles. The highest BCUT2D eigenvalue weighted by Crippen LogP contribution is 2.17. The van der Waals surface area contributed by atoms with Gasteiger partial charge in [0.2, 0.25) is 0 Å². The molecule has 0 spiro atoms. The number of carbonyl (C=O) groups is 1. The third kappa shape index (κ3) is 4.02. The molecule has 1 aromatic heterocycles. The molecule has 18 heavy (non-hydrogen) atoms. The van der Waals surface area contributed by atoms with E-state index in [-0.39, 0.29) is 0 Å². The molecule has 0 radical (unpaired) electrons. The van der Waals surface area contributed by atoms with Gasteiger partial charge >= 0.3 is 5.97 Å². The molecule has 0 aliphatic carbocycles. The van der Waals surface area contributed by atoms with Gasteiger partial charge in [0.25, 0.3) is 0 Å². The van der Waals surface area contributed by atoms with E-state index < -0.39 is 11.5 Å². The van der Waals surface area contributed by atoms with Crippen LogP contribution in [-0.4, -0.2) is 21.3 Å². The smallest absolute Gasteiger partial charge is 0.360 e. The zero-order valence-electron chi connectivity index (χ0n) is 11.4. The molecule has 4 nitrogen and oxygen atoms in total. The van der Waals surface area contributed by atoms with Gasteiger partial charge in [0, 0.05) is 12.7 Å². The summed E-state index contributed by atoms with van der Waals surface area (Å²) in [6.07, 6.45) is 2.65. The van der Waals surface area contributed by atoms with Crippen molar-refractivity contribution in [2.24, 2.45) is 7.05 Å². The van der Waals surface area contributed by atoms with Crippen LogP contribution in [0.4, 0.5) is 0 Å². The first-order valence-corrected chi connectivity index (χ1v) is 6.78. The summed E-state index contributed by atoms with van der Waals surface area (Å²) in [5.41, 5.74) is 0.756. The normalized spacial score (nSPS) is 12.8. The molecule has 0 saturated heterocycles. The van der Waals surface area contributed by atoms with E-state index in [2.05, 4.69) is 25.9 Å². The number of alkyl halides is 1. The fraction of sp³-hybridized carbons (Fsp3) is 0.692. The molecule has 0 N–H and O–H groups in total. The lowest BCUT2D eigenvalue weighted by Gasteiger charge is -2.08. The number of esters is 1. The van der Waals surface area contributed by atoms with Gasteiger partial charge in [-0.2, -0.15) is 5.10 Å². The molecular weight excluding hydrogens is 252 g/mol. The molecule has 0 amide bonds. The molecule has 102 valence electrons. The molecule has 0 fully saturated rings. The van der Waals surface area contributed by atoms with Crippen LogP contribution in [0, 0.1) is 0 Å². The molecule has 1 rings (SSSR count). The highest BCUT2D eigenvalue weighted by molar-refractivity contribution is 6.20. The van der Waals surface area contributed by atoms with Crippen molar-refractivity contribution < 1.29 is 9.53 Å². The Hall–Kier alpha value is -1.03. The van der Waals surface area contributed by atoms with Crippen molar-refractivity contribution in [1.29, 1.82) is 0 Å². The summed E-state index contributed by atoms with van der Waals surface area (Å²) < 4.78 is 6.84. The average Bonchev–Trinajstić information content (AvgIpc) is 2.68. The molecule has 0 aliphatic rings. The van der Waals surface area contributed by atoms with Crippen LogP contribution in [0.1, 0.15) is 62.1 Å². The largest absolute Gasteiger partial charge is 0.441 e. The van der Waals surface area contributed by atoms with E-state index in [0.29, 0.717) is 18.0 Å². The van der Waals surface area contributed by atoms with Crippen molar-refractivity contribution in [3.8, 4) is 0 Å². The van der Waals surface area contributed by atoms with E-state index in [1.54, 1.807) is 10.7 Å². The Labute approximate surface area is 113 Å². The van der Waals surface area contributed by atoms with E-state index in [4.69, 9.17) is 16.3 Å². The topological polar surface area (TPSA) is 44.1 Å². The van der Waals surface area contributed by atoms with Gasteiger partial charge in [-0.15, -0.1) is 0 Å². The number of nitrogens with zero attached hydrogens (tertiary/aromatic N) is 2. The lowest BCUT2D eigenvalue weighted by molar-refractivity contribution is 0.0426. The van der Waals surface area contributed by atoms with Gasteiger partial charge in [-0.25, -0.2) is 4.79 Å². The van der Waals surface area contributed by atoms with Crippen molar-refractivity contribution in [3.63, 3.8) is 0 Å². The van der Waals surface area contributed by atoms with Crippen molar-refractivity contribution in [3.05, 3.63) is 17.5 Å². The molecule has 1 unspecified atom stereocenters. The lowest BCUT2D eigenvalue weighted by atomic mass is 10.1. The van der Waals surface area contributed by atoms with Crippen LogP contribution in [0.25, 0.3) is 0 Å². The molecule has 5 heteroatoms. The first kappa shape index (κ1) is 15.0. The van der Waals surface area contributed by atoms with Gasteiger partial charge in [-0.1, -0.05) is 38.8 Å². The number of aromatic nitrogens is 2. The molecule has 0 aliphatic heterocycles. The Morgan fingerprint density at radius 3 is 2.72 bits per heavy atom. The van der Waals surface area contributed by atoms with Gasteiger partial charge < -0.3 is 4.74 Å². The predicted molar refractivity (Wildman–Crippen MR) is 71.9 cm³/mol. The maximum Gasteiger partial charge on any atom is 0.360 e. The summed E-state index contributed by atoms with van der Waals surface area (Å²) in [7, 11) is 1.82. The minimum absolute atomic E-state index is 0.316. The third-order valence-electron chi connectivity index (χ3n) is 2.74. The summed E-state index contributed by atoms with van der Waals surface area (Å²) in [5.74, 6) is -0.135. The minimum atomic E-state index is -0.568. The zero-order valence-corrected chi connectivity index (χ0v) is 12.2. The number of carbonyl (C=O) groups excluding carboxylic acids is 1. The number of unbranched alkanes of at least 4 members (excludes halogenated alkanes) is 1. The number of rotatable bonds is 6. The van der Waals surface area contributed by atoms with Crippen LogP contribution < -0.4 is 0 Å². The van der Waals surface area contributed by atoms with Crippen LogP contribution in [0.15, 0.2) is 6.07 Å². The van der Waals surface area contributed by atoms with Crippen LogP contribution in [0.2, 0.25) is 0 Å². The predicted octanol–water partition coefficient (Wildman–Crippen LogP) is 3.46. The fourth-order valence-corrected chi connectivity index (χ4v) is 1.96. The number of hydrogen-bond donors (Lipinski definition) is 0. The van der Waals surface area contributed by atoms with Crippen molar-refractivity contribution in [2.75, 3.05) is 0 Å². The monoisotopic (exact) mass is 272 g/mol. The van der Waals surface area contributed by atoms with E-state index in [0.717, 1.165) is 18.5 Å². The van der Waals surface area contributed by atoms with Crippen molar-refractivity contribution >= 4 is 17.6 Å². The number of ether oxygens (including phenoxy) is 1. The van der Waals surface area contributed by atoms with Gasteiger partial charge in [-0.05, 0) is 24.8 Å². The van der Waals surface area contributed by atoms with Crippen LogP contribution in [0.5, 0.6) is 0 Å². The molecule has 1 heterocycles. The standard InChI is InChI=1S/C13H21ClN2O2/c1-5-6-7-12(14)18-13(17)10-8-11(9(2)3)16(4)15-10/h8-9,12H,5-7H2,1-4H3. The van der Waals surface area contributed by atoms with Gasteiger partial charge in [0.05, 0.1) is 0 Å². The Morgan fingerprint density at radius 2 is 2.22 bits per heavy atom. The van der Waals surface area contributed by atoms with Crippen molar-refractivity contribution in [1.82, 2.24) is 9.78 Å². The zero-order chi connectivity index (χ0) is 13.7. The Balaban J connectivity index is 2.64. The minimum Gasteiger partial charge on any atom is -0.441 e. The lowest BCUT2D eigenvalue weighted by Crippen LogP contribution is -2.13. The van der Waals surface area contributed by atoms with Crippen molar-refractivity contribution in [2.45, 2.75) is 51.5 Å². The van der Waals surface area contributed by atoms with Crippen LogP contribution >= 0.6 is 11.6 Å². The molecular formula is C13H21ClN2O2. The average molecular weight is 273 g/mol. The molecule has 0 aromatic carbocycles. The second-order valence-electron chi connectivity index (χ2n) is 4.69. The Kier molecular flexibility index (Phi) is 5.66. The number of aryl methyl sites for hydroxylation is 1. The highest BCUT2D eigenvalue weighted by atomic mass is 35.5. The second-order valence-corrected chi connectivity index (χ2v) is 5.18. The number of halogens is 1. The highest BCUT2D eigenvalue weighted by Gasteiger charge is 2.18. The molecule has 1 aromatic rings. The summed E-state index contributed by atoms with van der Waals surface area (Å²) in [6, 6.07) is 1.76. The SMILES string of the molecule is CCCCC(Cl)OC(=O)c1cc(C(C)C)n(C)n1. The van der Waals surface area contributed by atoms with E-state index in [1.807, 2.05) is 7.05 Å². The first-order chi connectivity index (χ1) is 8.45. The van der Waals surface area contributed by atoms with Gasteiger partial charge in [0.1, 0.15) is 0 Å². The third-order valence-corrected chi connectivity index (χ3v) is 3.04. The Bertz CT molecular complexity index is 402. The quantitative estimate of drug-likeness (QED) is 0.588. The maximum absolute atomic E-state index is 11.8. The van der Waals surface area contributed by atoms with E-state index in [1.165, 1.54) is 0 Å². The summed E-state index contributed by atoms with van der Waals surface area (Å²) in [5, 5.41) is 4.15. The molecule has 0 bridgehead atoms. The summed E-state index contributed by atoms with van der Waals surface area (Å²) in [6.45, 7) is 6.18. The summed E-state index contributed by atoms with van der Waals surface area (Å²) >= 11 is 5.94. The second kappa shape index (κ2) is 6.78. The van der Waals surface area contributed by atoms with E-state index in [9.17, 15) is 4.79 Å². The first-order valence-electron chi connectivity index (χ1n) is 6.34. The maximum atomic E-state index is 11.8. The van der Waals surface area contributed by atoms with Crippen LogP contribution in [0.3, 0.4) is 0 Å². The summed E-state index contributed by atoms with van der Waals surface area (Å²) in [4.78, 5) is 11.8. The van der Waals surface area contributed by atoms with Crippen LogP contribution in [-0.2, 0) is 11.8 Å².